The summed E-state index contributed by atoms with van der Waals surface area (Å²) in [5.74, 6) is -2.08. The first-order chi connectivity index (χ1) is 19.7. The van der Waals surface area contributed by atoms with Crippen molar-refractivity contribution in [1.29, 1.82) is 0 Å². The number of nitrogens with one attached hydrogen (secondary N) is 4. The van der Waals surface area contributed by atoms with E-state index in [0.717, 1.165) is 41.3 Å². The molecule has 0 aliphatic carbocycles. The van der Waals surface area contributed by atoms with E-state index < -0.39 is 42.0 Å². The van der Waals surface area contributed by atoms with Crippen molar-refractivity contribution in [3.63, 3.8) is 0 Å². The summed E-state index contributed by atoms with van der Waals surface area (Å²) in [7, 11) is 0. The quantitative estimate of drug-likeness (QED) is 0.313. The highest BCUT2D eigenvalue weighted by Crippen LogP contribution is 2.22. The van der Waals surface area contributed by atoms with Crippen LogP contribution in [-0.4, -0.2) is 52.9 Å². The second-order valence-electron chi connectivity index (χ2n) is 11.0. The van der Waals surface area contributed by atoms with E-state index in [4.69, 9.17) is 4.74 Å². The van der Waals surface area contributed by atoms with Gasteiger partial charge in [-0.15, -0.1) is 0 Å². The Kier molecular flexibility index (Phi) is 10.2. The molecule has 0 spiro atoms. The van der Waals surface area contributed by atoms with Crippen molar-refractivity contribution < 1.29 is 23.9 Å². The SMILES string of the molecule is CCCC[C@H](C)[C@@H]1CC(=O)N[C@@H](Cc2ccccc2)C(=O)N[C@@H](C)C(=O)N[C@@H](Cc2c[nH]c3ccccc23)C(=O)O1. The molecule has 1 aromatic heterocycles. The minimum Gasteiger partial charge on any atom is -0.460 e. The molecule has 1 saturated heterocycles. The topological polar surface area (TPSA) is 129 Å². The van der Waals surface area contributed by atoms with Crippen LogP contribution in [-0.2, 0) is 36.8 Å². The van der Waals surface area contributed by atoms with Gasteiger partial charge in [-0.3, -0.25) is 14.4 Å². The minimum absolute atomic E-state index is 0.0848. The summed E-state index contributed by atoms with van der Waals surface area (Å²) in [6.45, 7) is 5.59. The lowest BCUT2D eigenvalue weighted by Crippen LogP contribution is -2.55. The van der Waals surface area contributed by atoms with Gasteiger partial charge in [-0.1, -0.05) is 75.2 Å². The monoisotopic (exact) mass is 560 g/mol. The molecule has 2 heterocycles. The van der Waals surface area contributed by atoms with Gasteiger partial charge in [0.15, 0.2) is 0 Å². The summed E-state index contributed by atoms with van der Waals surface area (Å²) in [5.41, 5.74) is 2.63. The highest BCUT2D eigenvalue weighted by atomic mass is 16.5. The van der Waals surface area contributed by atoms with Crippen LogP contribution >= 0.6 is 0 Å². The van der Waals surface area contributed by atoms with E-state index in [-0.39, 0.29) is 31.1 Å². The maximum absolute atomic E-state index is 13.6. The number of hydrogen-bond donors (Lipinski definition) is 4. The molecule has 218 valence electrons. The number of hydrogen-bond acceptors (Lipinski definition) is 5. The highest BCUT2D eigenvalue weighted by molar-refractivity contribution is 5.94. The maximum atomic E-state index is 13.6. The Labute approximate surface area is 240 Å². The summed E-state index contributed by atoms with van der Waals surface area (Å²) in [6, 6.07) is 14.2. The third-order valence-electron chi connectivity index (χ3n) is 7.69. The van der Waals surface area contributed by atoms with Gasteiger partial charge >= 0.3 is 5.97 Å². The van der Waals surface area contributed by atoms with Crippen LogP contribution in [0, 0.1) is 5.92 Å². The molecule has 9 nitrogen and oxygen atoms in total. The number of aromatic amines is 1. The lowest BCUT2D eigenvalue weighted by molar-refractivity contribution is -0.157. The van der Waals surface area contributed by atoms with Crippen molar-refractivity contribution in [3.8, 4) is 0 Å². The van der Waals surface area contributed by atoms with Crippen LogP contribution in [0.4, 0.5) is 0 Å². The van der Waals surface area contributed by atoms with E-state index in [2.05, 4.69) is 27.9 Å². The predicted molar refractivity (Wildman–Crippen MR) is 157 cm³/mol. The summed E-state index contributed by atoms with van der Waals surface area (Å²) in [5, 5.41) is 9.30. The molecule has 0 bridgehead atoms. The summed E-state index contributed by atoms with van der Waals surface area (Å²) < 4.78 is 6.00. The molecule has 3 aromatic rings. The Balaban J connectivity index is 1.63. The first kappa shape index (κ1) is 29.8. The van der Waals surface area contributed by atoms with Crippen molar-refractivity contribution in [3.05, 3.63) is 71.9 Å². The van der Waals surface area contributed by atoms with E-state index in [1.807, 2.05) is 67.7 Å². The standard InChI is InChI=1S/C32H40N4O5/c1-4-5-11-20(2)28-18-29(37)35-26(16-22-12-7-6-8-13-22)31(39)34-21(3)30(38)36-27(32(40)41-28)17-23-19-33-25-15-10-9-14-24(23)25/h6-10,12-15,19-21,26-28,33H,4-5,11,16-18H2,1-3H3,(H,34,39)(H,35,37)(H,36,38)/t20-,21-,26-,27-,28-/m0/s1. The zero-order chi connectivity index (χ0) is 29.4. The molecule has 5 atom stereocenters. The molecule has 0 radical (unpaired) electrons. The summed E-state index contributed by atoms with van der Waals surface area (Å²) in [6.07, 6.45) is 4.12. The minimum atomic E-state index is -1.01. The van der Waals surface area contributed by atoms with Crippen molar-refractivity contribution in [2.75, 3.05) is 0 Å². The first-order valence-corrected chi connectivity index (χ1v) is 14.4. The van der Waals surface area contributed by atoms with Gasteiger partial charge in [-0.25, -0.2) is 4.79 Å². The molecular weight excluding hydrogens is 520 g/mol. The number of H-pyrrole nitrogens is 1. The Bertz CT molecular complexity index is 1350. The van der Waals surface area contributed by atoms with Gasteiger partial charge < -0.3 is 25.7 Å². The van der Waals surface area contributed by atoms with E-state index in [1.165, 1.54) is 0 Å². The van der Waals surface area contributed by atoms with E-state index in [0.29, 0.717) is 0 Å². The Morgan fingerprint density at radius 2 is 1.61 bits per heavy atom. The van der Waals surface area contributed by atoms with E-state index >= 15 is 0 Å². The maximum Gasteiger partial charge on any atom is 0.329 e. The zero-order valence-electron chi connectivity index (χ0n) is 23.9. The summed E-state index contributed by atoms with van der Waals surface area (Å²) in [4.78, 5) is 56.7. The Morgan fingerprint density at radius 1 is 0.878 bits per heavy atom. The molecule has 9 heteroatoms. The largest absolute Gasteiger partial charge is 0.460 e. The first-order valence-electron chi connectivity index (χ1n) is 14.4. The Morgan fingerprint density at radius 3 is 2.37 bits per heavy atom. The second-order valence-corrected chi connectivity index (χ2v) is 11.0. The van der Waals surface area contributed by atoms with Crippen molar-refractivity contribution in [2.24, 2.45) is 5.92 Å². The van der Waals surface area contributed by atoms with Crippen LogP contribution in [0.3, 0.4) is 0 Å². The van der Waals surface area contributed by atoms with E-state index in [9.17, 15) is 19.2 Å². The highest BCUT2D eigenvalue weighted by Gasteiger charge is 2.34. The third-order valence-corrected chi connectivity index (χ3v) is 7.69. The molecule has 4 rings (SSSR count). The number of carbonyl (C=O) groups excluding carboxylic acids is 4. The molecule has 1 aliphatic heterocycles. The normalized spacial score (nSPS) is 23.3. The number of ether oxygens (including phenoxy) is 1. The van der Waals surface area contributed by atoms with Crippen LogP contribution in [0.25, 0.3) is 10.9 Å². The van der Waals surface area contributed by atoms with Crippen LogP contribution in [0.5, 0.6) is 0 Å². The number of para-hydroxylation sites is 1. The number of aromatic nitrogens is 1. The molecule has 0 saturated carbocycles. The lowest BCUT2D eigenvalue weighted by Gasteiger charge is -2.27. The molecule has 41 heavy (non-hydrogen) atoms. The lowest BCUT2D eigenvalue weighted by atomic mass is 9.95. The number of unbranched alkanes of at least 4 members (excludes halogenated alkanes) is 1. The number of amides is 3. The van der Waals surface area contributed by atoms with Gasteiger partial charge in [0, 0.05) is 29.9 Å². The van der Waals surface area contributed by atoms with Crippen LogP contribution in [0.15, 0.2) is 60.8 Å². The van der Waals surface area contributed by atoms with Gasteiger partial charge in [-0.2, -0.15) is 0 Å². The average Bonchev–Trinajstić information content (AvgIpc) is 3.37. The van der Waals surface area contributed by atoms with Gasteiger partial charge in [-0.05, 0) is 36.5 Å². The van der Waals surface area contributed by atoms with Crippen molar-refractivity contribution in [2.45, 2.75) is 83.5 Å². The molecule has 1 aliphatic rings. The van der Waals surface area contributed by atoms with Crippen molar-refractivity contribution in [1.82, 2.24) is 20.9 Å². The van der Waals surface area contributed by atoms with Crippen molar-refractivity contribution >= 4 is 34.6 Å². The molecule has 0 unspecified atom stereocenters. The fourth-order valence-corrected chi connectivity index (χ4v) is 5.19. The zero-order valence-corrected chi connectivity index (χ0v) is 23.9. The number of benzene rings is 2. The fraction of sp³-hybridized carbons (Fsp3) is 0.438. The Hall–Kier alpha value is -4.14. The predicted octanol–water partition coefficient (Wildman–Crippen LogP) is 3.57. The number of rotatable bonds is 8. The van der Waals surface area contributed by atoms with Crippen LogP contribution in [0.1, 0.15) is 57.6 Å². The van der Waals surface area contributed by atoms with Crippen LogP contribution in [0.2, 0.25) is 0 Å². The average molecular weight is 561 g/mol. The van der Waals surface area contributed by atoms with Crippen LogP contribution < -0.4 is 16.0 Å². The molecular formula is C32H40N4O5. The number of esters is 1. The summed E-state index contributed by atoms with van der Waals surface area (Å²) >= 11 is 0. The molecule has 4 N–H and O–H groups in total. The molecule has 1 fully saturated rings. The fourth-order valence-electron chi connectivity index (χ4n) is 5.19. The van der Waals surface area contributed by atoms with Gasteiger partial charge in [0.1, 0.15) is 24.2 Å². The molecule has 3 amide bonds. The number of fused-ring (bicyclic) bond motifs is 1. The smallest absolute Gasteiger partial charge is 0.329 e. The van der Waals surface area contributed by atoms with Gasteiger partial charge in [0.05, 0.1) is 6.42 Å². The number of cyclic esters (lactones) is 1. The number of carbonyl (C=O) groups is 4. The molecule has 2 aromatic carbocycles. The van der Waals surface area contributed by atoms with Gasteiger partial charge in [0.2, 0.25) is 17.7 Å². The second kappa shape index (κ2) is 14.0. The van der Waals surface area contributed by atoms with E-state index in [1.54, 1.807) is 6.92 Å². The van der Waals surface area contributed by atoms with Gasteiger partial charge in [0.25, 0.3) is 0 Å². The third kappa shape index (κ3) is 7.96.